The first-order chi connectivity index (χ1) is 8.09. The van der Waals surface area contributed by atoms with E-state index in [1.54, 1.807) is 12.1 Å². The molecular formula is C12H12N2O3. The van der Waals surface area contributed by atoms with Crippen molar-refractivity contribution in [3.05, 3.63) is 46.3 Å². The van der Waals surface area contributed by atoms with Crippen LogP contribution < -0.4 is 0 Å². The van der Waals surface area contributed by atoms with E-state index in [0.29, 0.717) is 11.0 Å². The predicted octanol–water partition coefficient (Wildman–Crippen LogP) is 2.87. The molecule has 2 rings (SSSR count). The average Bonchev–Trinajstić information content (AvgIpc) is 2.73. The van der Waals surface area contributed by atoms with E-state index in [1.807, 2.05) is 31.3 Å². The molecule has 5 nitrogen and oxygen atoms in total. The van der Waals surface area contributed by atoms with Crippen LogP contribution >= 0.6 is 0 Å². The van der Waals surface area contributed by atoms with Crippen molar-refractivity contribution in [3.63, 3.8) is 0 Å². The average molecular weight is 232 g/mol. The number of hydrogen-bond donors (Lipinski definition) is 0. The molecule has 1 aromatic heterocycles. The molecule has 0 spiro atoms. The lowest BCUT2D eigenvalue weighted by Gasteiger charge is -2.03. The molecule has 0 aliphatic rings. The Hall–Kier alpha value is -2.30. The zero-order valence-electron chi connectivity index (χ0n) is 9.58. The smallest absolute Gasteiger partial charge is 0.280 e. The van der Waals surface area contributed by atoms with Crippen LogP contribution in [0.3, 0.4) is 0 Å². The van der Waals surface area contributed by atoms with Crippen LogP contribution in [0.4, 0.5) is 5.69 Å². The summed E-state index contributed by atoms with van der Waals surface area (Å²) >= 11 is 0. The van der Waals surface area contributed by atoms with E-state index in [1.165, 1.54) is 12.3 Å². The maximum absolute atomic E-state index is 10.8. The fraction of sp³-hybridized carbons (Fsp3) is 0.167. The van der Waals surface area contributed by atoms with E-state index in [-0.39, 0.29) is 5.69 Å². The van der Waals surface area contributed by atoms with Gasteiger partial charge in [0.25, 0.3) is 5.69 Å². The third kappa shape index (κ3) is 2.13. The minimum absolute atomic E-state index is 0.0655. The zero-order valence-corrected chi connectivity index (χ0v) is 9.58. The lowest BCUT2D eigenvalue weighted by Crippen LogP contribution is -1.99. The van der Waals surface area contributed by atoms with Gasteiger partial charge in [-0.1, -0.05) is 0 Å². The van der Waals surface area contributed by atoms with Gasteiger partial charge >= 0.3 is 0 Å². The van der Waals surface area contributed by atoms with Gasteiger partial charge in [0.1, 0.15) is 5.58 Å². The Morgan fingerprint density at radius 2 is 2.12 bits per heavy atom. The largest absolute Gasteiger partial charge is 0.463 e. The van der Waals surface area contributed by atoms with Gasteiger partial charge in [-0.05, 0) is 24.4 Å². The highest BCUT2D eigenvalue weighted by Crippen LogP contribution is 2.29. The fourth-order valence-electron chi connectivity index (χ4n) is 1.59. The number of fused-ring (bicyclic) bond motifs is 1. The summed E-state index contributed by atoms with van der Waals surface area (Å²) in [6, 6.07) is 4.79. The number of non-ortho nitro benzene ring substituents is 1. The first-order valence-corrected chi connectivity index (χ1v) is 5.09. The molecule has 88 valence electrons. The Morgan fingerprint density at radius 3 is 2.76 bits per heavy atom. The number of nitro benzene ring substituents is 1. The van der Waals surface area contributed by atoms with Gasteiger partial charge in [-0.3, -0.25) is 10.1 Å². The maximum atomic E-state index is 10.8. The van der Waals surface area contributed by atoms with Crippen molar-refractivity contribution in [2.24, 2.45) is 0 Å². The van der Waals surface area contributed by atoms with Gasteiger partial charge in [0.15, 0.2) is 0 Å². The third-order valence-corrected chi connectivity index (χ3v) is 2.37. The van der Waals surface area contributed by atoms with E-state index >= 15 is 0 Å². The van der Waals surface area contributed by atoms with Crippen LogP contribution in [-0.2, 0) is 0 Å². The van der Waals surface area contributed by atoms with Crippen molar-refractivity contribution in [2.45, 2.75) is 0 Å². The molecule has 0 bridgehead atoms. The molecule has 0 aliphatic heterocycles. The Labute approximate surface area is 98.1 Å². The third-order valence-electron chi connectivity index (χ3n) is 2.37. The van der Waals surface area contributed by atoms with Gasteiger partial charge < -0.3 is 9.32 Å². The minimum Gasteiger partial charge on any atom is -0.463 e. The van der Waals surface area contributed by atoms with Crippen molar-refractivity contribution in [2.75, 3.05) is 14.1 Å². The molecule has 0 saturated heterocycles. The van der Waals surface area contributed by atoms with Gasteiger partial charge in [0.2, 0.25) is 0 Å². The molecular weight excluding hydrogens is 220 g/mol. The maximum Gasteiger partial charge on any atom is 0.280 e. The molecule has 5 heteroatoms. The fourth-order valence-corrected chi connectivity index (χ4v) is 1.59. The highest BCUT2D eigenvalue weighted by molar-refractivity contribution is 5.92. The molecule has 0 aliphatic carbocycles. The van der Waals surface area contributed by atoms with Crippen LogP contribution in [0, 0.1) is 10.1 Å². The topological polar surface area (TPSA) is 59.5 Å². The second kappa shape index (κ2) is 4.29. The molecule has 0 fully saturated rings. The van der Waals surface area contributed by atoms with Crippen LogP contribution in [0.5, 0.6) is 0 Å². The Morgan fingerprint density at radius 1 is 1.35 bits per heavy atom. The van der Waals surface area contributed by atoms with Gasteiger partial charge in [-0.2, -0.15) is 0 Å². The van der Waals surface area contributed by atoms with Crippen LogP contribution in [0.1, 0.15) is 5.56 Å². The van der Waals surface area contributed by atoms with Crippen LogP contribution in [0.15, 0.2) is 35.1 Å². The van der Waals surface area contributed by atoms with Crippen LogP contribution in [0.2, 0.25) is 0 Å². The molecule has 0 saturated carbocycles. The summed E-state index contributed by atoms with van der Waals surface area (Å²) in [7, 11) is 3.81. The zero-order chi connectivity index (χ0) is 12.4. The number of benzene rings is 1. The monoisotopic (exact) mass is 232 g/mol. The van der Waals surface area contributed by atoms with Crippen molar-refractivity contribution in [1.29, 1.82) is 0 Å². The molecule has 2 aromatic rings. The molecule has 1 aromatic carbocycles. The van der Waals surface area contributed by atoms with Crippen molar-refractivity contribution in [1.82, 2.24) is 4.90 Å². The van der Waals surface area contributed by atoms with Crippen molar-refractivity contribution < 1.29 is 9.34 Å². The standard InChI is InChI=1S/C12H12N2O3/c1-13(2)7-5-9-3-4-11(14(15)16)10-6-8-17-12(9)10/h3-8H,1-2H3/b7-5+. The first-order valence-electron chi connectivity index (χ1n) is 5.09. The van der Waals surface area contributed by atoms with E-state index < -0.39 is 4.92 Å². The lowest BCUT2D eigenvalue weighted by atomic mass is 10.1. The summed E-state index contributed by atoms with van der Waals surface area (Å²) in [5, 5.41) is 11.4. The van der Waals surface area contributed by atoms with Gasteiger partial charge in [-0.15, -0.1) is 0 Å². The lowest BCUT2D eigenvalue weighted by molar-refractivity contribution is -0.383. The quantitative estimate of drug-likeness (QED) is 0.603. The van der Waals surface area contributed by atoms with E-state index in [0.717, 1.165) is 5.56 Å². The second-order valence-electron chi connectivity index (χ2n) is 3.87. The SMILES string of the molecule is CN(C)/C=C/c1ccc([N+](=O)[O-])c2ccoc12. The van der Waals surface area contributed by atoms with Gasteiger partial charge in [0, 0.05) is 25.7 Å². The van der Waals surface area contributed by atoms with E-state index in [4.69, 9.17) is 4.42 Å². The van der Waals surface area contributed by atoms with Crippen LogP contribution in [-0.4, -0.2) is 23.9 Å². The summed E-state index contributed by atoms with van der Waals surface area (Å²) in [5.41, 5.74) is 1.43. The molecule has 0 unspecified atom stereocenters. The number of furan rings is 1. The van der Waals surface area contributed by atoms with Gasteiger partial charge in [0.05, 0.1) is 16.6 Å². The molecule has 17 heavy (non-hydrogen) atoms. The summed E-state index contributed by atoms with van der Waals surface area (Å²) < 4.78 is 5.30. The van der Waals surface area contributed by atoms with E-state index in [2.05, 4.69) is 0 Å². The Kier molecular flexibility index (Phi) is 2.82. The Balaban J connectivity index is 2.57. The molecule has 0 N–H and O–H groups in total. The first kappa shape index (κ1) is 11.2. The normalized spacial score (nSPS) is 11.2. The van der Waals surface area contributed by atoms with E-state index in [9.17, 15) is 10.1 Å². The Bertz CT molecular complexity index is 584. The summed E-state index contributed by atoms with van der Waals surface area (Å²) in [6.07, 6.45) is 5.18. The molecule has 1 heterocycles. The molecule has 0 atom stereocenters. The molecule has 0 radical (unpaired) electrons. The highest BCUT2D eigenvalue weighted by Gasteiger charge is 2.15. The number of hydrogen-bond acceptors (Lipinski definition) is 4. The van der Waals surface area contributed by atoms with Gasteiger partial charge in [-0.25, -0.2) is 0 Å². The molecule has 0 amide bonds. The summed E-state index contributed by atoms with van der Waals surface area (Å²) in [4.78, 5) is 12.3. The summed E-state index contributed by atoms with van der Waals surface area (Å²) in [6.45, 7) is 0. The van der Waals surface area contributed by atoms with Crippen LogP contribution in [0.25, 0.3) is 17.0 Å². The second-order valence-corrected chi connectivity index (χ2v) is 3.87. The highest BCUT2D eigenvalue weighted by atomic mass is 16.6. The number of rotatable bonds is 3. The number of nitrogens with zero attached hydrogens (tertiary/aromatic N) is 2. The van der Waals surface area contributed by atoms with Crippen molar-refractivity contribution in [3.8, 4) is 0 Å². The van der Waals surface area contributed by atoms with Crippen molar-refractivity contribution >= 4 is 22.7 Å². The predicted molar refractivity (Wildman–Crippen MR) is 65.6 cm³/mol. The summed E-state index contributed by atoms with van der Waals surface area (Å²) in [5.74, 6) is 0. The number of nitro groups is 1. The minimum atomic E-state index is -0.405.